The summed E-state index contributed by atoms with van der Waals surface area (Å²) >= 11 is 2.47. The number of hydrogen-bond acceptors (Lipinski definition) is 0. The van der Waals surface area contributed by atoms with Gasteiger partial charge in [-0.2, -0.15) is 0 Å². The first-order valence-electron chi connectivity index (χ1n) is 2.27. The van der Waals surface area contributed by atoms with Gasteiger partial charge in [0.15, 0.2) is 0 Å². The molecule has 0 aromatic carbocycles. The molecule has 0 rings (SSSR count). The van der Waals surface area contributed by atoms with Crippen LogP contribution >= 0.6 is 0 Å². The molecule has 0 aromatic rings. The molecule has 5 heteroatoms. The molecule has 5 heavy (non-hydrogen) atoms. The normalized spacial score (nSPS) is 18.8. The van der Waals surface area contributed by atoms with E-state index in [2.05, 4.69) is 17.0 Å². The Morgan fingerprint density at radius 2 is 1.80 bits per heavy atom. The van der Waals surface area contributed by atoms with Crippen molar-refractivity contribution in [1.29, 1.82) is 0 Å². The molecule has 0 radical (unpaired) electrons. The second kappa shape index (κ2) is 3.65. The van der Waals surface area contributed by atoms with Crippen LogP contribution in [0.3, 0.4) is 0 Å². The van der Waals surface area contributed by atoms with Gasteiger partial charge >= 0.3 is 51.3 Å². The van der Waals surface area contributed by atoms with Crippen LogP contribution in [-0.2, 0) is 0 Å². The molecule has 0 aromatic heterocycles. The molecule has 0 bridgehead atoms. The molecule has 0 saturated heterocycles. The van der Waals surface area contributed by atoms with Crippen LogP contribution in [0, 0.1) is 0 Å². The van der Waals surface area contributed by atoms with Gasteiger partial charge in [0.1, 0.15) is 0 Å². The summed E-state index contributed by atoms with van der Waals surface area (Å²) in [6.07, 6.45) is 0. The van der Waals surface area contributed by atoms with E-state index >= 15 is 0 Å². The molecule has 0 fully saturated rings. The standard InChI is InChI=1S/Li.H9Si4/c;1-4(2)3/h;4H,1H2,2-3H3. The van der Waals surface area contributed by atoms with Crippen LogP contribution in [0.25, 0.3) is 0 Å². The van der Waals surface area contributed by atoms with Gasteiger partial charge in [-0.3, -0.25) is 0 Å². The molecule has 0 N–H and O–H groups in total. The summed E-state index contributed by atoms with van der Waals surface area (Å²) in [4.78, 5) is 0. The van der Waals surface area contributed by atoms with Crippen molar-refractivity contribution in [3.05, 3.63) is 0 Å². The van der Waals surface area contributed by atoms with Crippen molar-refractivity contribution in [1.82, 2.24) is 0 Å². The molecule has 26 valence electrons. The molecule has 0 atom stereocenters. The van der Waals surface area contributed by atoms with E-state index in [1.807, 2.05) is 0 Å². The summed E-state index contributed by atoms with van der Waals surface area (Å²) in [7, 11) is 4.14. The molecule has 0 aliphatic rings. The average Bonchev–Trinajstić information content (AvgIpc) is 1.38. The Bertz CT molecular complexity index is 17.6. The van der Waals surface area contributed by atoms with E-state index < -0.39 is 0 Å². The van der Waals surface area contributed by atoms with E-state index in [1.54, 1.807) is 19.5 Å². The van der Waals surface area contributed by atoms with Crippen LogP contribution in [-0.4, -0.2) is 51.3 Å². The van der Waals surface area contributed by atoms with Gasteiger partial charge in [-0.25, -0.2) is 0 Å². The summed E-state index contributed by atoms with van der Waals surface area (Å²) in [5.74, 6) is 0. The summed E-state index contributed by atoms with van der Waals surface area (Å²) in [5, 5.41) is 0. The quantitative estimate of drug-likeness (QED) is 0.314. The third-order valence-corrected chi connectivity index (χ3v) is 22.0. The average molecular weight is 128 g/mol. The fourth-order valence-corrected chi connectivity index (χ4v) is 0. The van der Waals surface area contributed by atoms with Gasteiger partial charge < -0.3 is 0 Å². The summed E-state index contributed by atoms with van der Waals surface area (Å²) in [6.45, 7) is 0. The zero-order valence-electron chi connectivity index (χ0n) is 4.28. The van der Waals surface area contributed by atoms with E-state index in [1.165, 1.54) is 0 Å². The Morgan fingerprint density at radius 1 is 1.60 bits per heavy atom. The van der Waals surface area contributed by atoms with Crippen LogP contribution < -0.4 is 0 Å². The van der Waals surface area contributed by atoms with Crippen molar-refractivity contribution < 1.29 is 0 Å². The molecule has 0 saturated carbocycles. The summed E-state index contributed by atoms with van der Waals surface area (Å²) in [5.41, 5.74) is 0. The first-order valence-corrected chi connectivity index (χ1v) is 16.2. The Hall–Kier alpha value is 1.46. The van der Waals surface area contributed by atoms with Crippen LogP contribution in [0.4, 0.5) is 0 Å². The molecule has 0 aliphatic heterocycles. The monoisotopic (exact) mass is 128 g/mol. The Kier molecular flexibility index (Phi) is 4.72. The van der Waals surface area contributed by atoms with Gasteiger partial charge in [0.05, 0.1) is 0 Å². The summed E-state index contributed by atoms with van der Waals surface area (Å²) in [6, 6.07) is 0. The third kappa shape index (κ3) is 5.46. The predicted molar refractivity (Wildman–Crippen MR) is 41.3 cm³/mol. The van der Waals surface area contributed by atoms with Gasteiger partial charge in [-0.15, -0.1) is 0 Å². The molecule has 0 amide bonds. The van der Waals surface area contributed by atoms with E-state index in [4.69, 9.17) is 0 Å². The number of rotatable bonds is 1. The van der Waals surface area contributed by atoms with Crippen molar-refractivity contribution >= 4 is 51.3 Å². The van der Waals surface area contributed by atoms with Crippen molar-refractivity contribution in [2.24, 2.45) is 0 Å². The maximum atomic E-state index is 2.47. The Morgan fingerprint density at radius 3 is 1.80 bits per heavy atom. The number of hydrogen-bond donors (Lipinski definition) is 0. The van der Waals surface area contributed by atoms with Gasteiger partial charge in [-0.05, 0) is 0 Å². The molecule has 0 heterocycles. The second-order valence-corrected chi connectivity index (χ2v) is 41.3. The van der Waals surface area contributed by atoms with E-state index in [0.29, 0.717) is 7.36 Å². The zero-order chi connectivity index (χ0) is 4.28. The summed E-state index contributed by atoms with van der Waals surface area (Å²) < 4.78 is 0. The van der Waals surface area contributed by atoms with Gasteiger partial charge in [-0.1, -0.05) is 0 Å². The zero-order valence-corrected chi connectivity index (χ0v) is 10.9. The molecule has 0 nitrogen and oxygen atoms in total. The van der Waals surface area contributed by atoms with E-state index in [9.17, 15) is 0 Å². The van der Waals surface area contributed by atoms with Gasteiger partial charge in [0.2, 0.25) is 0 Å². The van der Waals surface area contributed by atoms with E-state index in [0.717, 1.165) is 0 Å². The fourth-order valence-electron chi connectivity index (χ4n) is 0. The minimum absolute atomic E-state index is 0.267. The van der Waals surface area contributed by atoms with Crippen molar-refractivity contribution in [3.8, 4) is 0 Å². The Labute approximate surface area is 51.3 Å². The molecule has 0 spiro atoms. The fraction of sp³-hybridized carbons (Fsp3) is 0. The minimum atomic E-state index is 0.267. The van der Waals surface area contributed by atoms with Gasteiger partial charge in [0, 0.05) is 0 Å². The van der Waals surface area contributed by atoms with Crippen LogP contribution in [0.5, 0.6) is 0 Å². The maximum absolute atomic E-state index is 2.47. The molecular weight excluding hydrogens is 119 g/mol. The first-order chi connectivity index (χ1) is 2.27. The van der Waals surface area contributed by atoms with Crippen LogP contribution in [0.15, 0.2) is 0 Å². The SMILES string of the molecule is [Li][SiH2][SiH]([SiH3])[SiH3]. The molecule has 0 unspecified atom stereocenters. The topological polar surface area (TPSA) is 0 Å². The van der Waals surface area contributed by atoms with Crippen LogP contribution in [0.2, 0.25) is 0 Å². The van der Waals surface area contributed by atoms with Gasteiger partial charge in [0.25, 0.3) is 0 Å². The second-order valence-electron chi connectivity index (χ2n) is 1.80. The molecular formula is H9LiSi4. The van der Waals surface area contributed by atoms with Crippen LogP contribution in [0.1, 0.15) is 0 Å². The Balaban J connectivity index is 2.54. The van der Waals surface area contributed by atoms with Crippen molar-refractivity contribution in [2.75, 3.05) is 0 Å². The van der Waals surface area contributed by atoms with Crippen molar-refractivity contribution in [3.63, 3.8) is 0 Å². The van der Waals surface area contributed by atoms with E-state index in [-0.39, 0.29) is 7.35 Å². The predicted octanol–water partition coefficient (Wildman–Crippen LogP) is -4.31. The third-order valence-electron chi connectivity index (χ3n) is 0.816. The molecule has 0 aliphatic carbocycles. The first kappa shape index (κ1) is 6.46. The van der Waals surface area contributed by atoms with Crippen molar-refractivity contribution in [2.45, 2.75) is 0 Å².